The van der Waals surface area contributed by atoms with Crippen molar-refractivity contribution in [1.82, 2.24) is 19.7 Å². The van der Waals surface area contributed by atoms with E-state index in [0.717, 1.165) is 43.2 Å². The van der Waals surface area contributed by atoms with Crippen LogP contribution in [0.5, 0.6) is 0 Å². The van der Waals surface area contributed by atoms with Crippen LogP contribution in [0.1, 0.15) is 42.5 Å². The average Bonchev–Trinajstić information content (AvgIpc) is 3.29. The second kappa shape index (κ2) is 6.20. The molecule has 24 heavy (non-hydrogen) atoms. The standard InChI is InChI=1S/C18H21ClN4O/c1-22-11-20-21-17(22)12-5-7-23(8-6-12)18(24)16-10-15(16)13-3-2-4-14(19)9-13/h2-4,9,11-12,15-16H,5-8,10H2,1H3/t15-,16+/m0/s1. The fourth-order valence-corrected chi connectivity index (χ4v) is 4.03. The average molecular weight is 345 g/mol. The van der Waals surface area contributed by atoms with Crippen LogP contribution in [0.25, 0.3) is 0 Å². The normalized spacial score (nSPS) is 24.2. The Hall–Kier alpha value is -1.88. The lowest BCUT2D eigenvalue weighted by Gasteiger charge is -2.31. The number of likely N-dealkylation sites (tertiary alicyclic amines) is 1. The van der Waals surface area contributed by atoms with Crippen LogP contribution in [0.15, 0.2) is 30.6 Å². The molecule has 1 aliphatic carbocycles. The number of aromatic nitrogens is 3. The maximum Gasteiger partial charge on any atom is 0.226 e. The Morgan fingerprint density at radius 2 is 2.08 bits per heavy atom. The molecule has 5 nitrogen and oxygen atoms in total. The Morgan fingerprint density at radius 3 is 2.75 bits per heavy atom. The third-order valence-corrected chi connectivity index (χ3v) is 5.54. The Bertz CT molecular complexity index is 751. The van der Waals surface area contributed by atoms with Gasteiger partial charge in [-0.1, -0.05) is 23.7 Å². The van der Waals surface area contributed by atoms with Crippen molar-refractivity contribution < 1.29 is 4.79 Å². The molecular formula is C18H21ClN4O. The van der Waals surface area contributed by atoms with E-state index in [4.69, 9.17) is 11.6 Å². The molecule has 0 bridgehead atoms. The Morgan fingerprint density at radius 1 is 1.29 bits per heavy atom. The zero-order valence-corrected chi connectivity index (χ0v) is 14.5. The van der Waals surface area contributed by atoms with Crippen LogP contribution in [0.4, 0.5) is 0 Å². The maximum atomic E-state index is 12.7. The Kier molecular flexibility index (Phi) is 4.04. The second-order valence-electron chi connectivity index (χ2n) is 6.90. The second-order valence-corrected chi connectivity index (χ2v) is 7.34. The van der Waals surface area contributed by atoms with E-state index in [2.05, 4.69) is 16.3 Å². The first-order valence-corrected chi connectivity index (χ1v) is 8.89. The van der Waals surface area contributed by atoms with Gasteiger partial charge in [0.05, 0.1) is 0 Å². The van der Waals surface area contributed by atoms with E-state index in [1.165, 1.54) is 5.56 Å². The summed E-state index contributed by atoms with van der Waals surface area (Å²) in [6.45, 7) is 1.63. The predicted octanol–water partition coefficient (Wildman–Crippen LogP) is 2.98. The first-order chi connectivity index (χ1) is 11.6. The van der Waals surface area contributed by atoms with E-state index in [1.54, 1.807) is 6.33 Å². The fraction of sp³-hybridized carbons (Fsp3) is 0.500. The van der Waals surface area contributed by atoms with Gasteiger partial charge in [0.15, 0.2) is 0 Å². The molecule has 2 aliphatic rings. The number of hydrogen-bond acceptors (Lipinski definition) is 3. The number of amides is 1. The predicted molar refractivity (Wildman–Crippen MR) is 91.9 cm³/mol. The highest BCUT2D eigenvalue weighted by Crippen LogP contribution is 2.49. The Balaban J connectivity index is 1.35. The van der Waals surface area contributed by atoms with Gasteiger partial charge in [-0.15, -0.1) is 10.2 Å². The Labute approximate surface area is 146 Å². The molecule has 6 heteroatoms. The first kappa shape index (κ1) is 15.6. The number of piperidine rings is 1. The number of carbonyl (C=O) groups is 1. The summed E-state index contributed by atoms with van der Waals surface area (Å²) in [6.07, 6.45) is 4.62. The summed E-state index contributed by atoms with van der Waals surface area (Å²) < 4.78 is 1.98. The molecule has 126 valence electrons. The van der Waals surface area contributed by atoms with Crippen LogP contribution in [0.2, 0.25) is 5.02 Å². The van der Waals surface area contributed by atoms with Gasteiger partial charge in [0, 0.05) is 37.0 Å². The van der Waals surface area contributed by atoms with Crippen molar-refractivity contribution in [2.75, 3.05) is 13.1 Å². The van der Waals surface area contributed by atoms with Gasteiger partial charge in [-0.05, 0) is 42.9 Å². The van der Waals surface area contributed by atoms with Crippen molar-refractivity contribution in [3.63, 3.8) is 0 Å². The van der Waals surface area contributed by atoms with Crippen molar-refractivity contribution >= 4 is 17.5 Å². The van der Waals surface area contributed by atoms with Gasteiger partial charge in [0.2, 0.25) is 5.91 Å². The minimum Gasteiger partial charge on any atom is -0.342 e. The van der Waals surface area contributed by atoms with Gasteiger partial charge in [-0.25, -0.2) is 0 Å². The molecule has 0 unspecified atom stereocenters. The molecule has 2 aromatic rings. The molecular weight excluding hydrogens is 324 g/mol. The van der Waals surface area contributed by atoms with Crippen LogP contribution < -0.4 is 0 Å². The molecule has 0 radical (unpaired) electrons. The molecule has 2 atom stereocenters. The molecule has 1 saturated heterocycles. The van der Waals surface area contributed by atoms with Gasteiger partial charge >= 0.3 is 0 Å². The molecule has 1 aromatic carbocycles. The molecule has 4 rings (SSSR count). The van der Waals surface area contributed by atoms with Crippen LogP contribution in [0.3, 0.4) is 0 Å². The van der Waals surface area contributed by atoms with E-state index in [0.29, 0.717) is 17.7 Å². The van der Waals surface area contributed by atoms with E-state index in [-0.39, 0.29) is 5.92 Å². The van der Waals surface area contributed by atoms with Crippen molar-refractivity contribution in [1.29, 1.82) is 0 Å². The van der Waals surface area contributed by atoms with Gasteiger partial charge in [-0.3, -0.25) is 4.79 Å². The minimum absolute atomic E-state index is 0.134. The number of carbonyl (C=O) groups excluding carboxylic acids is 1. The van der Waals surface area contributed by atoms with Crippen LogP contribution in [-0.2, 0) is 11.8 Å². The lowest BCUT2D eigenvalue weighted by atomic mass is 9.95. The van der Waals surface area contributed by atoms with E-state index < -0.39 is 0 Å². The summed E-state index contributed by atoms with van der Waals surface area (Å²) >= 11 is 6.06. The van der Waals surface area contributed by atoms with Crippen molar-refractivity contribution in [2.45, 2.75) is 31.1 Å². The zero-order valence-electron chi connectivity index (χ0n) is 13.7. The van der Waals surface area contributed by atoms with E-state index in [9.17, 15) is 4.79 Å². The highest BCUT2D eigenvalue weighted by atomic mass is 35.5. The number of halogens is 1. The lowest BCUT2D eigenvalue weighted by Crippen LogP contribution is -2.39. The van der Waals surface area contributed by atoms with Gasteiger partial charge in [-0.2, -0.15) is 0 Å². The molecule has 0 spiro atoms. The highest BCUT2D eigenvalue weighted by Gasteiger charge is 2.46. The molecule has 1 saturated carbocycles. The minimum atomic E-state index is 0.134. The third-order valence-electron chi connectivity index (χ3n) is 5.30. The van der Waals surface area contributed by atoms with E-state index in [1.807, 2.05) is 34.7 Å². The highest BCUT2D eigenvalue weighted by molar-refractivity contribution is 6.30. The number of hydrogen-bond donors (Lipinski definition) is 0. The number of aryl methyl sites for hydroxylation is 1. The van der Waals surface area contributed by atoms with Crippen molar-refractivity contribution in [3.8, 4) is 0 Å². The third kappa shape index (κ3) is 2.93. The smallest absolute Gasteiger partial charge is 0.226 e. The van der Waals surface area contributed by atoms with Crippen molar-refractivity contribution in [2.24, 2.45) is 13.0 Å². The van der Waals surface area contributed by atoms with Crippen LogP contribution in [-0.4, -0.2) is 38.7 Å². The quantitative estimate of drug-likeness (QED) is 0.860. The molecule has 2 heterocycles. The fourth-order valence-electron chi connectivity index (χ4n) is 3.83. The van der Waals surface area contributed by atoms with Gasteiger partial charge in [0.1, 0.15) is 12.2 Å². The van der Waals surface area contributed by atoms with Crippen LogP contribution in [0, 0.1) is 5.92 Å². The summed E-state index contributed by atoms with van der Waals surface area (Å²) in [5, 5.41) is 8.92. The van der Waals surface area contributed by atoms with Gasteiger partial charge in [0.25, 0.3) is 0 Å². The monoisotopic (exact) mass is 344 g/mol. The molecule has 0 N–H and O–H groups in total. The molecule has 1 aliphatic heterocycles. The lowest BCUT2D eigenvalue weighted by molar-refractivity contribution is -0.133. The zero-order chi connectivity index (χ0) is 16.7. The summed E-state index contributed by atoms with van der Waals surface area (Å²) in [7, 11) is 1.98. The van der Waals surface area contributed by atoms with Crippen LogP contribution >= 0.6 is 11.6 Å². The molecule has 1 amide bonds. The number of benzene rings is 1. The molecule has 1 aromatic heterocycles. The van der Waals surface area contributed by atoms with E-state index >= 15 is 0 Å². The number of nitrogens with zero attached hydrogens (tertiary/aromatic N) is 4. The van der Waals surface area contributed by atoms with Gasteiger partial charge < -0.3 is 9.47 Å². The summed E-state index contributed by atoms with van der Waals surface area (Å²) in [5.74, 6) is 2.22. The largest absolute Gasteiger partial charge is 0.342 e. The van der Waals surface area contributed by atoms with Crippen molar-refractivity contribution in [3.05, 3.63) is 47.0 Å². The first-order valence-electron chi connectivity index (χ1n) is 8.51. The summed E-state index contributed by atoms with van der Waals surface area (Å²) in [5.41, 5.74) is 1.19. The number of rotatable bonds is 3. The maximum absolute atomic E-state index is 12.7. The summed E-state index contributed by atoms with van der Waals surface area (Å²) in [4.78, 5) is 14.8. The molecule has 2 fully saturated rings. The summed E-state index contributed by atoms with van der Waals surface area (Å²) in [6, 6.07) is 7.90. The topological polar surface area (TPSA) is 51.0 Å². The SMILES string of the molecule is Cn1cnnc1C1CCN(C(=O)[C@@H]2C[C@H]2c2cccc(Cl)c2)CC1.